The van der Waals surface area contributed by atoms with Crippen LogP contribution in [0.3, 0.4) is 0 Å². The maximum Gasteiger partial charge on any atom is 0.191 e. The van der Waals surface area contributed by atoms with Crippen LogP contribution in [-0.2, 0) is 4.74 Å². The maximum absolute atomic E-state index is 5.54. The van der Waals surface area contributed by atoms with E-state index in [1.165, 1.54) is 0 Å². The van der Waals surface area contributed by atoms with Gasteiger partial charge in [-0.1, -0.05) is 0 Å². The highest BCUT2D eigenvalue weighted by Gasteiger charge is 2.34. The number of aliphatic imine (C=N–C) groups is 1. The second-order valence-electron chi connectivity index (χ2n) is 7.51. The van der Waals surface area contributed by atoms with E-state index in [1.54, 1.807) is 0 Å². The molecule has 0 aromatic rings. The zero-order chi connectivity index (χ0) is 18.2. The first-order chi connectivity index (χ1) is 11.3. The molecule has 0 aromatic carbocycles. The highest BCUT2D eigenvalue weighted by Crippen LogP contribution is 2.24. The van der Waals surface area contributed by atoms with Crippen molar-refractivity contribution in [3.05, 3.63) is 0 Å². The van der Waals surface area contributed by atoms with Crippen molar-refractivity contribution in [2.45, 2.75) is 58.2 Å². The van der Waals surface area contributed by atoms with Crippen LogP contribution in [0.25, 0.3) is 0 Å². The van der Waals surface area contributed by atoms with Gasteiger partial charge in [-0.2, -0.15) is 0 Å². The predicted molar refractivity (Wildman–Crippen MR) is 118 cm³/mol. The maximum atomic E-state index is 5.54. The molecule has 150 valence electrons. The van der Waals surface area contributed by atoms with Crippen LogP contribution in [0.2, 0.25) is 0 Å². The lowest BCUT2D eigenvalue weighted by atomic mass is 9.88. The van der Waals surface area contributed by atoms with Crippen LogP contribution in [0.4, 0.5) is 0 Å². The molecule has 0 amide bonds. The van der Waals surface area contributed by atoms with Crippen LogP contribution in [-0.4, -0.2) is 87.4 Å². The zero-order valence-electron chi connectivity index (χ0n) is 17.3. The van der Waals surface area contributed by atoms with E-state index in [1.807, 2.05) is 7.05 Å². The number of hydrogen-bond donors (Lipinski definition) is 2. The standard InChI is InChI=1S/C18H39N5O.HI/c1-15(2)23(16(3)4)11-10-20-17(19-5)21-14-18(22(6)7)8-12-24-13-9-18;/h15-16H,8-14H2,1-7H3,(H2,19,20,21);1H. The Morgan fingerprint density at radius 1 is 1.08 bits per heavy atom. The summed E-state index contributed by atoms with van der Waals surface area (Å²) >= 11 is 0. The van der Waals surface area contributed by atoms with E-state index in [2.05, 4.69) is 67.2 Å². The Kier molecular flexibility index (Phi) is 12.2. The Labute approximate surface area is 172 Å². The largest absolute Gasteiger partial charge is 0.381 e. The summed E-state index contributed by atoms with van der Waals surface area (Å²) < 4.78 is 5.54. The van der Waals surface area contributed by atoms with Crippen molar-refractivity contribution in [3.8, 4) is 0 Å². The SMILES string of the molecule is CN=C(NCCN(C(C)C)C(C)C)NCC1(N(C)C)CCOCC1.I. The molecular weight excluding hydrogens is 429 g/mol. The van der Waals surface area contributed by atoms with Crippen molar-refractivity contribution in [2.24, 2.45) is 4.99 Å². The van der Waals surface area contributed by atoms with E-state index in [9.17, 15) is 0 Å². The summed E-state index contributed by atoms with van der Waals surface area (Å²) in [4.78, 5) is 9.19. The third kappa shape index (κ3) is 7.97. The fraction of sp³-hybridized carbons (Fsp3) is 0.944. The Morgan fingerprint density at radius 3 is 2.08 bits per heavy atom. The molecule has 6 nitrogen and oxygen atoms in total. The zero-order valence-corrected chi connectivity index (χ0v) is 19.6. The first-order valence-electron chi connectivity index (χ1n) is 9.28. The van der Waals surface area contributed by atoms with E-state index in [4.69, 9.17) is 4.74 Å². The first kappa shape index (κ1) is 24.9. The molecule has 0 atom stereocenters. The average Bonchev–Trinajstić information content (AvgIpc) is 2.54. The van der Waals surface area contributed by atoms with E-state index in [0.29, 0.717) is 12.1 Å². The van der Waals surface area contributed by atoms with Crippen molar-refractivity contribution in [3.63, 3.8) is 0 Å². The Morgan fingerprint density at radius 2 is 1.64 bits per heavy atom. The lowest BCUT2D eigenvalue weighted by molar-refractivity contribution is -0.00501. The fourth-order valence-corrected chi connectivity index (χ4v) is 3.42. The van der Waals surface area contributed by atoms with Gasteiger partial charge in [-0.15, -0.1) is 24.0 Å². The quantitative estimate of drug-likeness (QED) is 0.324. The average molecular weight is 469 g/mol. The van der Waals surface area contributed by atoms with Crippen molar-refractivity contribution in [2.75, 3.05) is 54.0 Å². The van der Waals surface area contributed by atoms with E-state index in [0.717, 1.165) is 51.6 Å². The minimum atomic E-state index is 0. The summed E-state index contributed by atoms with van der Waals surface area (Å²) in [5.41, 5.74) is 0.151. The second kappa shape index (κ2) is 12.3. The molecular formula is C18H40IN5O. The molecule has 0 spiro atoms. The number of hydrogen-bond acceptors (Lipinski definition) is 4. The number of rotatable bonds is 8. The van der Waals surface area contributed by atoms with Gasteiger partial charge in [0, 0.05) is 57.5 Å². The van der Waals surface area contributed by atoms with Crippen LogP contribution >= 0.6 is 24.0 Å². The summed E-state index contributed by atoms with van der Waals surface area (Å²) in [6, 6.07) is 1.11. The predicted octanol–water partition coefficient (Wildman–Crippen LogP) is 2.00. The second-order valence-corrected chi connectivity index (χ2v) is 7.51. The molecule has 1 aliphatic heterocycles. The highest BCUT2D eigenvalue weighted by molar-refractivity contribution is 14.0. The molecule has 1 heterocycles. The van der Waals surface area contributed by atoms with Crippen molar-refractivity contribution in [1.82, 2.24) is 20.4 Å². The molecule has 0 saturated carbocycles. The molecule has 2 N–H and O–H groups in total. The van der Waals surface area contributed by atoms with E-state index in [-0.39, 0.29) is 29.5 Å². The van der Waals surface area contributed by atoms with Gasteiger partial charge >= 0.3 is 0 Å². The molecule has 1 rings (SSSR count). The Bertz CT molecular complexity index is 374. The monoisotopic (exact) mass is 469 g/mol. The molecule has 0 bridgehead atoms. The number of nitrogens with one attached hydrogen (secondary N) is 2. The first-order valence-corrected chi connectivity index (χ1v) is 9.28. The van der Waals surface area contributed by atoms with Crippen LogP contribution < -0.4 is 10.6 Å². The lowest BCUT2D eigenvalue weighted by Crippen LogP contribution is -2.57. The van der Waals surface area contributed by atoms with Gasteiger partial charge in [0.05, 0.1) is 0 Å². The minimum absolute atomic E-state index is 0. The Balaban J connectivity index is 0.00000576. The number of likely N-dealkylation sites (N-methyl/N-ethyl adjacent to an activating group) is 1. The summed E-state index contributed by atoms with van der Waals surface area (Å²) in [7, 11) is 6.16. The molecule has 1 fully saturated rings. The molecule has 0 radical (unpaired) electrons. The van der Waals surface area contributed by atoms with Crippen molar-refractivity contribution >= 4 is 29.9 Å². The van der Waals surface area contributed by atoms with E-state index >= 15 is 0 Å². The van der Waals surface area contributed by atoms with Gasteiger partial charge < -0.3 is 20.3 Å². The van der Waals surface area contributed by atoms with E-state index < -0.39 is 0 Å². The smallest absolute Gasteiger partial charge is 0.191 e. The van der Waals surface area contributed by atoms with Crippen LogP contribution in [0.15, 0.2) is 4.99 Å². The summed E-state index contributed by atoms with van der Waals surface area (Å²) in [6.45, 7) is 13.5. The third-order valence-electron chi connectivity index (χ3n) is 5.17. The number of ether oxygens (including phenoxy) is 1. The molecule has 0 aliphatic carbocycles. The topological polar surface area (TPSA) is 52.1 Å². The molecule has 7 heteroatoms. The number of halogens is 1. The lowest BCUT2D eigenvalue weighted by Gasteiger charge is -2.43. The number of guanidine groups is 1. The van der Waals surface area contributed by atoms with Gasteiger partial charge in [0.2, 0.25) is 0 Å². The summed E-state index contributed by atoms with van der Waals surface area (Å²) in [5, 5.41) is 6.97. The number of nitrogens with zero attached hydrogens (tertiary/aromatic N) is 3. The summed E-state index contributed by atoms with van der Waals surface area (Å²) in [6.07, 6.45) is 2.11. The normalized spacial score (nSPS) is 18.0. The third-order valence-corrected chi connectivity index (χ3v) is 5.17. The molecule has 0 aromatic heterocycles. The molecule has 0 unspecified atom stereocenters. The van der Waals surface area contributed by atoms with Gasteiger partial charge in [-0.3, -0.25) is 9.89 Å². The summed E-state index contributed by atoms with van der Waals surface area (Å²) in [5.74, 6) is 0.884. The molecule has 25 heavy (non-hydrogen) atoms. The van der Waals surface area contributed by atoms with Crippen LogP contribution in [0.1, 0.15) is 40.5 Å². The highest BCUT2D eigenvalue weighted by atomic mass is 127. The van der Waals surface area contributed by atoms with Crippen LogP contribution in [0, 0.1) is 0 Å². The van der Waals surface area contributed by atoms with Gasteiger partial charge in [-0.25, -0.2) is 0 Å². The van der Waals surface area contributed by atoms with Crippen molar-refractivity contribution in [1.29, 1.82) is 0 Å². The van der Waals surface area contributed by atoms with Gasteiger partial charge in [0.1, 0.15) is 0 Å². The van der Waals surface area contributed by atoms with Crippen LogP contribution in [0.5, 0.6) is 0 Å². The molecule has 1 saturated heterocycles. The Hall–Kier alpha value is -0.120. The van der Waals surface area contributed by atoms with Crippen molar-refractivity contribution < 1.29 is 4.74 Å². The van der Waals surface area contributed by atoms with Gasteiger partial charge in [-0.05, 0) is 54.6 Å². The van der Waals surface area contributed by atoms with Gasteiger partial charge in [0.15, 0.2) is 5.96 Å². The minimum Gasteiger partial charge on any atom is -0.381 e. The fourth-order valence-electron chi connectivity index (χ4n) is 3.42. The molecule has 1 aliphatic rings. The van der Waals surface area contributed by atoms with Gasteiger partial charge in [0.25, 0.3) is 0 Å².